The highest BCUT2D eigenvalue weighted by molar-refractivity contribution is 6.74. The van der Waals surface area contributed by atoms with Crippen LogP contribution in [-0.4, -0.2) is 3.79 Å². The van der Waals surface area contributed by atoms with Crippen LogP contribution in [0.25, 0.3) is 0 Å². The van der Waals surface area contributed by atoms with Gasteiger partial charge in [-0.1, -0.05) is 81.2 Å². The lowest BCUT2D eigenvalue weighted by molar-refractivity contribution is 1.39. The summed E-state index contributed by atoms with van der Waals surface area (Å²) in [7, 11) is 0. The molecule has 0 aliphatic carbocycles. The van der Waals surface area contributed by atoms with Crippen LogP contribution in [0, 0.1) is 4.84 Å². The van der Waals surface area contributed by atoms with E-state index in [2.05, 4.69) is 0 Å². The molecule has 0 saturated heterocycles. The van der Waals surface area contributed by atoms with Crippen molar-refractivity contribution in [1.82, 2.24) is 0 Å². The standard InChI is InChI=1S/C4Cl7/c5-1(3(7)8)2(6)4(9,10)11. The van der Waals surface area contributed by atoms with Crippen LogP contribution in [0.3, 0.4) is 0 Å². The normalized spacial score (nSPS) is 15.3. The van der Waals surface area contributed by atoms with Crippen LogP contribution in [0.1, 0.15) is 0 Å². The highest BCUT2D eigenvalue weighted by Gasteiger charge is 2.29. The lowest BCUT2D eigenvalue weighted by Gasteiger charge is -2.11. The SMILES string of the molecule is Cl[C](Cl)C(Cl)=C(Cl)C(Cl)(Cl)Cl. The fraction of sp³-hybridized carbons (Fsp3) is 0.250. The van der Waals surface area contributed by atoms with Gasteiger partial charge in [-0.05, 0) is 0 Å². The summed E-state index contributed by atoms with van der Waals surface area (Å²) in [5.74, 6) is 0. The smallest absolute Gasteiger partial charge is 0.0914 e. The van der Waals surface area contributed by atoms with Gasteiger partial charge in [-0.15, -0.1) is 0 Å². The predicted octanol–water partition coefficient (Wildman–Crippen LogP) is 5.01. The molecule has 0 fully saturated rings. The highest BCUT2D eigenvalue weighted by Crippen LogP contribution is 2.43. The zero-order chi connectivity index (χ0) is 9.23. The number of rotatable bonds is 1. The molecule has 0 amide bonds. The molecule has 7 heteroatoms. The lowest BCUT2D eigenvalue weighted by Crippen LogP contribution is -2.03. The molecule has 0 aliphatic rings. The summed E-state index contributed by atoms with van der Waals surface area (Å²) < 4.78 is -1.80. The van der Waals surface area contributed by atoms with E-state index in [0.717, 1.165) is 0 Å². The van der Waals surface area contributed by atoms with Gasteiger partial charge in [-0.2, -0.15) is 0 Å². The summed E-state index contributed by atoms with van der Waals surface area (Å²) in [6, 6.07) is 0. The Balaban J connectivity index is 4.67. The van der Waals surface area contributed by atoms with Crippen LogP contribution in [0.15, 0.2) is 10.1 Å². The van der Waals surface area contributed by atoms with Gasteiger partial charge in [0.05, 0.1) is 10.1 Å². The minimum absolute atomic E-state index is 0.171. The maximum Gasteiger partial charge on any atom is 0.227 e. The Labute approximate surface area is 99.3 Å². The molecule has 0 aromatic heterocycles. The van der Waals surface area contributed by atoms with E-state index in [1.165, 1.54) is 0 Å². The van der Waals surface area contributed by atoms with Crippen molar-refractivity contribution < 1.29 is 0 Å². The Hall–Kier alpha value is 1.77. The zero-order valence-corrected chi connectivity index (χ0v) is 9.94. The molecule has 0 spiro atoms. The minimum Gasteiger partial charge on any atom is -0.0914 e. The molecule has 65 valence electrons. The second kappa shape index (κ2) is 4.85. The van der Waals surface area contributed by atoms with Crippen molar-refractivity contribution in [3.8, 4) is 0 Å². The monoisotopic (exact) mass is 293 g/mol. The quantitative estimate of drug-likeness (QED) is 0.596. The van der Waals surface area contributed by atoms with Gasteiger partial charge < -0.3 is 0 Å². The van der Waals surface area contributed by atoms with Gasteiger partial charge in [0.1, 0.15) is 0 Å². The van der Waals surface area contributed by atoms with E-state index >= 15 is 0 Å². The van der Waals surface area contributed by atoms with E-state index < -0.39 is 3.79 Å². The third kappa shape index (κ3) is 4.52. The number of alkyl halides is 3. The number of halogens is 7. The van der Waals surface area contributed by atoms with Gasteiger partial charge >= 0.3 is 0 Å². The molecule has 0 aromatic rings. The fourth-order valence-corrected chi connectivity index (χ4v) is 1.16. The second-order valence-corrected chi connectivity index (χ2v) is 5.37. The Morgan fingerprint density at radius 3 is 1.27 bits per heavy atom. The first-order chi connectivity index (χ1) is 4.76. The van der Waals surface area contributed by atoms with Crippen molar-refractivity contribution in [3.05, 3.63) is 14.9 Å². The minimum atomic E-state index is -1.80. The summed E-state index contributed by atoms with van der Waals surface area (Å²) in [6.45, 7) is 0. The van der Waals surface area contributed by atoms with E-state index in [1.807, 2.05) is 0 Å². The van der Waals surface area contributed by atoms with Gasteiger partial charge in [0.2, 0.25) is 3.79 Å². The van der Waals surface area contributed by atoms with Crippen LogP contribution in [0.5, 0.6) is 0 Å². The number of allylic oxidation sites excluding steroid dienone is 2. The van der Waals surface area contributed by atoms with Gasteiger partial charge in [0, 0.05) is 0 Å². The third-order valence-corrected chi connectivity index (χ3v) is 2.98. The van der Waals surface area contributed by atoms with Crippen LogP contribution >= 0.6 is 81.2 Å². The molecule has 11 heavy (non-hydrogen) atoms. The largest absolute Gasteiger partial charge is 0.227 e. The molecule has 0 saturated carbocycles. The average molecular weight is 296 g/mol. The predicted molar refractivity (Wildman–Crippen MR) is 54.0 cm³/mol. The average Bonchev–Trinajstić information content (AvgIpc) is 1.82. The summed E-state index contributed by atoms with van der Waals surface area (Å²) >= 11 is 37.5. The maximum atomic E-state index is 5.46. The van der Waals surface area contributed by atoms with Gasteiger partial charge in [-0.25, -0.2) is 0 Å². The van der Waals surface area contributed by atoms with E-state index in [0.29, 0.717) is 0 Å². The highest BCUT2D eigenvalue weighted by atomic mass is 35.6. The van der Waals surface area contributed by atoms with Crippen molar-refractivity contribution in [3.63, 3.8) is 0 Å². The molecule has 0 aliphatic heterocycles. The molecule has 0 heterocycles. The molecule has 0 rings (SSSR count). The zero-order valence-electron chi connectivity index (χ0n) is 4.65. The van der Waals surface area contributed by atoms with Crippen LogP contribution in [0.4, 0.5) is 0 Å². The third-order valence-electron chi connectivity index (χ3n) is 0.608. The first-order valence-electron chi connectivity index (χ1n) is 2.07. The molecule has 0 unspecified atom stereocenters. The molecule has 0 N–H and O–H groups in total. The summed E-state index contributed by atoms with van der Waals surface area (Å²) in [5.41, 5.74) is 0. The summed E-state index contributed by atoms with van der Waals surface area (Å²) in [6.07, 6.45) is 0. The van der Waals surface area contributed by atoms with E-state index in [4.69, 9.17) is 81.2 Å². The number of hydrogen-bond donors (Lipinski definition) is 0. The van der Waals surface area contributed by atoms with Crippen molar-refractivity contribution in [2.45, 2.75) is 3.79 Å². The van der Waals surface area contributed by atoms with Crippen molar-refractivity contribution in [1.29, 1.82) is 0 Å². The molecular formula is C4Cl7. The first kappa shape index (κ1) is 12.8. The molecule has 0 aromatic carbocycles. The Morgan fingerprint density at radius 1 is 0.818 bits per heavy atom. The number of hydrogen-bond acceptors (Lipinski definition) is 0. The first-order valence-corrected chi connectivity index (χ1v) is 4.72. The second-order valence-electron chi connectivity index (χ2n) is 1.39. The van der Waals surface area contributed by atoms with Crippen molar-refractivity contribution in [2.24, 2.45) is 0 Å². The van der Waals surface area contributed by atoms with E-state index in [1.54, 1.807) is 0 Å². The van der Waals surface area contributed by atoms with E-state index in [-0.39, 0.29) is 14.9 Å². The summed E-state index contributed by atoms with van der Waals surface area (Å²) in [5, 5.41) is -0.404. The van der Waals surface area contributed by atoms with Gasteiger partial charge in [0.15, 0.2) is 4.84 Å². The summed E-state index contributed by atoms with van der Waals surface area (Å²) in [4.78, 5) is -0.247. The van der Waals surface area contributed by atoms with Crippen molar-refractivity contribution >= 4 is 81.2 Å². The Kier molecular flexibility index (Phi) is 5.64. The van der Waals surface area contributed by atoms with E-state index in [9.17, 15) is 0 Å². The van der Waals surface area contributed by atoms with Gasteiger partial charge in [-0.3, -0.25) is 0 Å². The molecule has 0 atom stereocenters. The molecule has 1 radical (unpaired) electrons. The van der Waals surface area contributed by atoms with Gasteiger partial charge in [0.25, 0.3) is 0 Å². The molecule has 0 nitrogen and oxygen atoms in total. The Bertz CT molecular complexity index is 164. The van der Waals surface area contributed by atoms with Crippen LogP contribution < -0.4 is 0 Å². The fourth-order valence-electron chi connectivity index (χ4n) is 0.207. The molecule has 0 bridgehead atoms. The molecular weight excluding hydrogens is 296 g/mol. The lowest BCUT2D eigenvalue weighted by atomic mass is 10.5. The van der Waals surface area contributed by atoms with Crippen LogP contribution in [-0.2, 0) is 0 Å². The Morgan fingerprint density at radius 2 is 1.18 bits per heavy atom. The maximum absolute atomic E-state index is 5.46. The topological polar surface area (TPSA) is 0 Å². The van der Waals surface area contributed by atoms with Crippen LogP contribution in [0.2, 0.25) is 0 Å². The van der Waals surface area contributed by atoms with Crippen molar-refractivity contribution in [2.75, 3.05) is 0 Å².